The molecule has 0 bridgehead atoms. The van der Waals surface area contributed by atoms with Crippen molar-refractivity contribution in [2.24, 2.45) is 5.41 Å². The summed E-state index contributed by atoms with van der Waals surface area (Å²) in [6.07, 6.45) is 1.18. The Hall–Kier alpha value is -4.29. The van der Waals surface area contributed by atoms with Gasteiger partial charge < -0.3 is 20.9 Å². The molecule has 3 aromatic carbocycles. The summed E-state index contributed by atoms with van der Waals surface area (Å²) in [4.78, 5) is 25.4. The number of phenols is 1. The molecule has 0 aliphatic rings. The molecule has 0 unspecified atom stereocenters. The van der Waals surface area contributed by atoms with Crippen LogP contribution in [0.3, 0.4) is 0 Å². The van der Waals surface area contributed by atoms with Gasteiger partial charge in [-0.15, -0.1) is 0 Å². The molecule has 2 amide bonds. The third kappa shape index (κ3) is 6.87. The SMILES string of the molecule is CC(C)(/C=C/C(=O)Nc1ccccc1N)[C@H](OC(=O)Nc1ccc(C#N)cc1)c1cc(Br)ccc1O. The van der Waals surface area contributed by atoms with Gasteiger partial charge in [0.25, 0.3) is 0 Å². The molecule has 0 aliphatic carbocycles. The summed E-state index contributed by atoms with van der Waals surface area (Å²) in [6, 6.07) is 20.0. The van der Waals surface area contributed by atoms with E-state index < -0.39 is 23.5 Å². The fraction of sp³-hybridized carbons (Fsp3) is 0.148. The summed E-state index contributed by atoms with van der Waals surface area (Å²) in [5, 5.41) is 24.8. The van der Waals surface area contributed by atoms with Crippen LogP contribution in [0.5, 0.6) is 5.75 Å². The lowest BCUT2D eigenvalue weighted by molar-refractivity contribution is -0.112. The van der Waals surface area contributed by atoms with Gasteiger partial charge in [0.05, 0.1) is 23.0 Å². The van der Waals surface area contributed by atoms with Crippen LogP contribution in [0.2, 0.25) is 0 Å². The smallest absolute Gasteiger partial charge is 0.412 e. The normalized spacial score (nSPS) is 11.9. The van der Waals surface area contributed by atoms with Crippen molar-refractivity contribution in [3.8, 4) is 11.8 Å². The zero-order valence-corrected chi connectivity index (χ0v) is 21.2. The number of rotatable bonds is 7. The molecule has 3 aromatic rings. The Balaban J connectivity index is 1.84. The van der Waals surface area contributed by atoms with Crippen molar-refractivity contribution < 1.29 is 19.4 Å². The minimum atomic E-state index is -0.973. The first-order valence-corrected chi connectivity index (χ1v) is 11.7. The van der Waals surface area contributed by atoms with Crippen LogP contribution in [0, 0.1) is 16.7 Å². The van der Waals surface area contributed by atoms with Gasteiger partial charge in [0.1, 0.15) is 11.9 Å². The minimum absolute atomic E-state index is 0.0719. The topological polar surface area (TPSA) is 137 Å². The molecule has 36 heavy (non-hydrogen) atoms. The van der Waals surface area contributed by atoms with Gasteiger partial charge in [0, 0.05) is 21.1 Å². The number of nitrogens with zero attached hydrogens (tertiary/aromatic N) is 1. The Morgan fingerprint density at radius 1 is 1.11 bits per heavy atom. The van der Waals surface area contributed by atoms with E-state index in [1.165, 1.54) is 12.1 Å². The maximum Gasteiger partial charge on any atom is 0.412 e. The Bertz CT molecular complexity index is 1330. The highest BCUT2D eigenvalue weighted by atomic mass is 79.9. The Labute approximate surface area is 217 Å². The second kappa shape index (κ2) is 11.4. The number of phenolic OH excluding ortho intramolecular Hbond substituents is 1. The molecule has 5 N–H and O–H groups in total. The second-order valence-electron chi connectivity index (χ2n) is 8.53. The number of benzene rings is 3. The molecule has 8 nitrogen and oxygen atoms in total. The number of nitriles is 1. The van der Waals surface area contributed by atoms with Gasteiger partial charge in [-0.05, 0) is 60.7 Å². The molecule has 184 valence electrons. The molecule has 0 radical (unpaired) electrons. The molecule has 9 heteroatoms. The van der Waals surface area contributed by atoms with Crippen LogP contribution in [0.15, 0.2) is 83.4 Å². The molecule has 3 rings (SSSR count). The lowest BCUT2D eigenvalue weighted by atomic mass is 9.81. The second-order valence-corrected chi connectivity index (χ2v) is 9.45. The molecule has 0 saturated carbocycles. The zero-order chi connectivity index (χ0) is 26.3. The number of carbonyl (C=O) groups is 2. The highest BCUT2D eigenvalue weighted by molar-refractivity contribution is 9.10. The van der Waals surface area contributed by atoms with Crippen molar-refractivity contribution in [3.63, 3.8) is 0 Å². The van der Waals surface area contributed by atoms with Crippen molar-refractivity contribution in [1.29, 1.82) is 5.26 Å². The number of nitrogens with two attached hydrogens (primary N) is 1. The van der Waals surface area contributed by atoms with Crippen LogP contribution in [0.25, 0.3) is 0 Å². The Morgan fingerprint density at radius 3 is 2.47 bits per heavy atom. The number of hydrogen-bond acceptors (Lipinski definition) is 6. The first kappa shape index (κ1) is 26.3. The van der Waals surface area contributed by atoms with Gasteiger partial charge >= 0.3 is 6.09 Å². The van der Waals surface area contributed by atoms with Gasteiger partial charge in [-0.1, -0.05) is 48.0 Å². The molecule has 1 atom stereocenters. The third-order valence-corrected chi connectivity index (χ3v) is 5.81. The van der Waals surface area contributed by atoms with E-state index in [-0.39, 0.29) is 5.75 Å². The number of nitrogen functional groups attached to an aromatic ring is 1. The molecular formula is C27H25BrN4O4. The van der Waals surface area contributed by atoms with Gasteiger partial charge in [0.15, 0.2) is 0 Å². The van der Waals surface area contributed by atoms with E-state index in [2.05, 4.69) is 26.6 Å². The lowest BCUT2D eigenvalue weighted by Gasteiger charge is -2.32. The monoisotopic (exact) mass is 548 g/mol. The van der Waals surface area contributed by atoms with E-state index in [9.17, 15) is 14.7 Å². The number of halogens is 1. The molecule has 0 fully saturated rings. The molecule has 0 spiro atoms. The first-order chi connectivity index (χ1) is 17.1. The lowest BCUT2D eigenvalue weighted by Crippen LogP contribution is -2.28. The quantitative estimate of drug-likeness (QED) is 0.207. The average Bonchev–Trinajstić information content (AvgIpc) is 2.85. The van der Waals surface area contributed by atoms with E-state index in [1.54, 1.807) is 80.6 Å². The van der Waals surface area contributed by atoms with Crippen LogP contribution in [0.4, 0.5) is 21.9 Å². The summed E-state index contributed by atoms with van der Waals surface area (Å²) in [5.41, 5.74) is 7.10. The predicted octanol–water partition coefficient (Wildman–Crippen LogP) is 6.12. The van der Waals surface area contributed by atoms with Gasteiger partial charge in [-0.2, -0.15) is 5.26 Å². The van der Waals surface area contributed by atoms with E-state index in [0.717, 1.165) is 0 Å². The maximum absolute atomic E-state index is 12.8. The number of ether oxygens (including phenoxy) is 1. The van der Waals surface area contributed by atoms with Crippen LogP contribution >= 0.6 is 15.9 Å². The number of aromatic hydroxyl groups is 1. The highest BCUT2D eigenvalue weighted by Crippen LogP contribution is 2.42. The molecule has 0 aromatic heterocycles. The standard InChI is InChI=1S/C27H25BrN4O4/c1-27(2,14-13-24(34)32-22-6-4-3-5-21(22)30)25(20-15-18(28)9-12-23(20)33)36-26(35)31-19-10-7-17(16-29)8-11-19/h3-15,25,33H,30H2,1-2H3,(H,31,35)(H,32,34)/b14-13+/t25-/m1/s1. The Morgan fingerprint density at radius 2 is 1.81 bits per heavy atom. The predicted molar refractivity (Wildman–Crippen MR) is 142 cm³/mol. The van der Waals surface area contributed by atoms with Gasteiger partial charge in [-0.25, -0.2) is 4.79 Å². The first-order valence-electron chi connectivity index (χ1n) is 10.9. The van der Waals surface area contributed by atoms with E-state index in [1.807, 2.05) is 6.07 Å². The molecule has 0 saturated heterocycles. The third-order valence-electron chi connectivity index (χ3n) is 5.32. The van der Waals surface area contributed by atoms with Crippen LogP contribution in [0.1, 0.15) is 31.1 Å². The number of anilines is 3. The number of para-hydroxylation sites is 2. The minimum Gasteiger partial charge on any atom is -0.508 e. The highest BCUT2D eigenvalue weighted by Gasteiger charge is 2.34. The zero-order valence-electron chi connectivity index (χ0n) is 19.7. The van der Waals surface area contributed by atoms with Crippen molar-refractivity contribution in [1.82, 2.24) is 0 Å². The number of carbonyl (C=O) groups excluding carboxylic acids is 2. The molecule has 0 aliphatic heterocycles. The Kier molecular flexibility index (Phi) is 8.35. The van der Waals surface area contributed by atoms with Crippen LogP contribution in [-0.4, -0.2) is 17.1 Å². The number of nitrogens with one attached hydrogen (secondary N) is 2. The van der Waals surface area contributed by atoms with Gasteiger partial charge in [-0.3, -0.25) is 10.1 Å². The van der Waals surface area contributed by atoms with E-state index in [4.69, 9.17) is 15.7 Å². The summed E-state index contributed by atoms with van der Waals surface area (Å²) in [5.74, 6) is -0.488. The maximum atomic E-state index is 12.8. The summed E-state index contributed by atoms with van der Waals surface area (Å²) in [6.45, 7) is 3.54. The van der Waals surface area contributed by atoms with E-state index in [0.29, 0.717) is 32.7 Å². The van der Waals surface area contributed by atoms with Crippen molar-refractivity contribution in [3.05, 3.63) is 94.5 Å². The summed E-state index contributed by atoms with van der Waals surface area (Å²) in [7, 11) is 0. The average molecular weight is 549 g/mol. The largest absolute Gasteiger partial charge is 0.508 e. The molecule has 0 heterocycles. The fourth-order valence-electron chi connectivity index (χ4n) is 3.40. The van der Waals surface area contributed by atoms with Crippen molar-refractivity contribution in [2.75, 3.05) is 16.4 Å². The molecular weight excluding hydrogens is 524 g/mol. The fourth-order valence-corrected chi connectivity index (χ4v) is 3.78. The number of amides is 2. The van der Waals surface area contributed by atoms with Crippen molar-refractivity contribution in [2.45, 2.75) is 20.0 Å². The van der Waals surface area contributed by atoms with Crippen LogP contribution < -0.4 is 16.4 Å². The van der Waals surface area contributed by atoms with Crippen LogP contribution in [-0.2, 0) is 9.53 Å². The van der Waals surface area contributed by atoms with Gasteiger partial charge in [0.2, 0.25) is 5.91 Å². The summed E-state index contributed by atoms with van der Waals surface area (Å²) >= 11 is 3.38. The van der Waals surface area contributed by atoms with Crippen molar-refractivity contribution >= 4 is 45.0 Å². The van der Waals surface area contributed by atoms with E-state index >= 15 is 0 Å². The summed E-state index contributed by atoms with van der Waals surface area (Å²) < 4.78 is 6.44. The number of hydrogen-bond donors (Lipinski definition) is 4.